The van der Waals surface area contributed by atoms with Gasteiger partial charge in [-0.15, -0.1) is 0 Å². The van der Waals surface area contributed by atoms with Crippen molar-refractivity contribution in [3.63, 3.8) is 0 Å². The predicted octanol–water partition coefficient (Wildman–Crippen LogP) is 0.854. The van der Waals surface area contributed by atoms with E-state index in [-0.39, 0.29) is 70.5 Å². The van der Waals surface area contributed by atoms with Crippen molar-refractivity contribution in [2.24, 2.45) is 0 Å². The molecule has 4 heavy (non-hydrogen) atoms. The van der Waals surface area contributed by atoms with E-state index in [0.29, 0.717) is 0 Å². The van der Waals surface area contributed by atoms with Crippen molar-refractivity contribution in [1.29, 1.82) is 0 Å². The topological polar surface area (TPSA) is 0 Å². The summed E-state index contributed by atoms with van der Waals surface area (Å²) in [5.74, 6) is 0. The third-order valence-electron chi connectivity index (χ3n) is 0. The van der Waals surface area contributed by atoms with Crippen LogP contribution in [0.1, 0.15) is 0 Å². The summed E-state index contributed by atoms with van der Waals surface area (Å²) in [6.07, 6.45) is 0. The molecule has 0 heterocycles. The number of rotatable bonds is 0. The molecule has 0 rings (SSSR count). The Morgan fingerprint density at radius 3 is 1.00 bits per heavy atom. The Bertz CT molecular complexity index is 8.00. The zero-order chi connectivity index (χ0) is 0. The summed E-state index contributed by atoms with van der Waals surface area (Å²) in [4.78, 5) is 0. The first kappa shape index (κ1) is 32.8. The Balaban J connectivity index is 0. The summed E-state index contributed by atoms with van der Waals surface area (Å²) in [6, 6.07) is 0. The Labute approximate surface area is 69.8 Å². The monoisotopic (exact) mass is 236 g/mol. The van der Waals surface area contributed by atoms with Gasteiger partial charge in [-0.1, -0.05) is 0 Å². The van der Waals surface area contributed by atoms with Gasteiger partial charge in [0.25, 0.3) is 0 Å². The summed E-state index contributed by atoms with van der Waals surface area (Å²) >= 11 is 0. The molecule has 0 fully saturated rings. The van der Waals surface area contributed by atoms with Gasteiger partial charge >= 0.3 is 0 Å². The molecule has 0 aromatic rings. The maximum Gasteiger partial charge on any atom is 0 e. The van der Waals surface area contributed by atoms with Crippen molar-refractivity contribution in [3.8, 4) is 0 Å². The fraction of sp³-hybridized carbons (Fsp3) is 0. The van der Waals surface area contributed by atoms with Crippen LogP contribution in [0.25, 0.3) is 0 Å². The normalized spacial score (nSPS) is 0. The Hall–Kier alpha value is 2.37. The minimum atomic E-state index is 0. The molecule has 0 amide bonds. The molecular formula is CrCuPZr. The molecule has 0 aromatic heterocycles. The van der Waals surface area contributed by atoms with Crippen LogP contribution in [0.4, 0.5) is 0 Å². The number of hydrogen-bond donors (Lipinski definition) is 0. The van der Waals surface area contributed by atoms with Crippen LogP contribution >= 0.6 is 9.90 Å². The first-order valence-electron chi connectivity index (χ1n) is 0. The van der Waals surface area contributed by atoms with Gasteiger partial charge in [0.1, 0.15) is 0 Å². The third kappa shape index (κ3) is 8.84. The Morgan fingerprint density at radius 1 is 1.00 bits per heavy atom. The average Bonchev–Trinajstić information content (AvgIpc) is 0. The van der Waals surface area contributed by atoms with Crippen molar-refractivity contribution in [3.05, 3.63) is 0 Å². The van der Waals surface area contributed by atoms with Crippen LogP contribution in [0.2, 0.25) is 0 Å². The molecule has 0 aliphatic rings. The van der Waals surface area contributed by atoms with E-state index in [2.05, 4.69) is 0 Å². The largest absolute Gasteiger partial charge is 0 e. The second-order valence-corrected chi connectivity index (χ2v) is 0. The minimum Gasteiger partial charge on any atom is 0 e. The Morgan fingerprint density at radius 2 is 1.00 bits per heavy atom. The van der Waals surface area contributed by atoms with E-state index in [9.17, 15) is 0 Å². The molecule has 26 valence electrons. The molecule has 0 aliphatic carbocycles. The van der Waals surface area contributed by atoms with Crippen LogP contribution < -0.4 is 0 Å². The molecule has 0 saturated carbocycles. The molecule has 0 spiro atoms. The van der Waals surface area contributed by atoms with Gasteiger partial charge < -0.3 is 0 Å². The molecular weight excluding hydrogens is 238 g/mol. The molecule has 0 bridgehead atoms. The van der Waals surface area contributed by atoms with Gasteiger partial charge in [-0.3, -0.25) is 0 Å². The first-order chi connectivity index (χ1) is 0. The van der Waals surface area contributed by atoms with E-state index < -0.39 is 0 Å². The van der Waals surface area contributed by atoms with Crippen molar-refractivity contribution in [2.75, 3.05) is 0 Å². The van der Waals surface area contributed by atoms with Crippen LogP contribution in [0, 0.1) is 0 Å². The average molecular weight is 238 g/mol. The van der Waals surface area contributed by atoms with Gasteiger partial charge in [0.2, 0.25) is 0 Å². The van der Waals surface area contributed by atoms with Gasteiger partial charge in [0, 0.05) is 70.5 Å². The van der Waals surface area contributed by atoms with Crippen molar-refractivity contribution >= 4 is 9.90 Å². The molecule has 0 unspecified atom stereocenters. The molecule has 4 heteroatoms. The second kappa shape index (κ2) is 18.3. The molecule has 4 radical (unpaired) electrons. The van der Waals surface area contributed by atoms with Crippen molar-refractivity contribution in [1.82, 2.24) is 0 Å². The molecule has 0 nitrogen and oxygen atoms in total. The minimum absolute atomic E-state index is 0. The SMILES string of the molecule is [Cr].[Cu].[P].[Zr]. The fourth-order valence-corrected chi connectivity index (χ4v) is 0. The summed E-state index contributed by atoms with van der Waals surface area (Å²) in [6.45, 7) is 0. The standard InChI is InChI=1S/Cr.Cu.P.Zr. The third-order valence-corrected chi connectivity index (χ3v) is 0. The molecule has 0 atom stereocenters. The summed E-state index contributed by atoms with van der Waals surface area (Å²) in [5, 5.41) is 0. The van der Waals surface area contributed by atoms with E-state index in [0.717, 1.165) is 0 Å². The van der Waals surface area contributed by atoms with E-state index >= 15 is 0 Å². The maximum atomic E-state index is 0. The van der Waals surface area contributed by atoms with Gasteiger partial charge in [0.15, 0.2) is 0 Å². The van der Waals surface area contributed by atoms with E-state index in [1.54, 1.807) is 0 Å². The van der Waals surface area contributed by atoms with Crippen molar-refractivity contribution < 1.29 is 60.6 Å². The van der Waals surface area contributed by atoms with Crippen LogP contribution in [0.5, 0.6) is 0 Å². The number of hydrogen-bond acceptors (Lipinski definition) is 0. The summed E-state index contributed by atoms with van der Waals surface area (Å²) in [5.41, 5.74) is 0. The molecule has 0 aliphatic heterocycles. The van der Waals surface area contributed by atoms with Crippen LogP contribution in [0.3, 0.4) is 0 Å². The van der Waals surface area contributed by atoms with Gasteiger partial charge in [-0.05, 0) is 0 Å². The summed E-state index contributed by atoms with van der Waals surface area (Å²) < 4.78 is 0. The first-order valence-corrected chi connectivity index (χ1v) is 0. The van der Waals surface area contributed by atoms with Gasteiger partial charge in [-0.25, -0.2) is 0 Å². The zero-order valence-corrected chi connectivity index (χ0v) is 7.23. The van der Waals surface area contributed by atoms with Gasteiger partial charge in [0.05, 0.1) is 0 Å². The Kier molecular flexibility index (Phi) is 150. The fourth-order valence-electron chi connectivity index (χ4n) is 0. The van der Waals surface area contributed by atoms with E-state index in [1.165, 1.54) is 0 Å². The van der Waals surface area contributed by atoms with Crippen molar-refractivity contribution in [2.45, 2.75) is 0 Å². The predicted molar refractivity (Wildman–Crippen MR) is 6.92 cm³/mol. The maximum absolute atomic E-state index is 0. The zero-order valence-electron chi connectivity index (χ0n) is 1.66. The van der Waals surface area contributed by atoms with Crippen LogP contribution in [-0.4, -0.2) is 0 Å². The smallest absolute Gasteiger partial charge is 0 e. The van der Waals surface area contributed by atoms with E-state index in [4.69, 9.17) is 0 Å². The molecule has 0 N–H and O–H groups in total. The molecule has 0 aromatic carbocycles. The summed E-state index contributed by atoms with van der Waals surface area (Å²) in [7, 11) is 0. The molecule has 0 saturated heterocycles. The van der Waals surface area contributed by atoms with E-state index in [1.807, 2.05) is 0 Å². The van der Waals surface area contributed by atoms with Crippen LogP contribution in [0.15, 0.2) is 0 Å². The van der Waals surface area contributed by atoms with Gasteiger partial charge in [-0.2, -0.15) is 0 Å². The quantitative estimate of drug-likeness (QED) is 0.433. The van der Waals surface area contributed by atoms with Crippen LogP contribution in [-0.2, 0) is 60.6 Å². The second-order valence-electron chi connectivity index (χ2n) is 0.